The lowest BCUT2D eigenvalue weighted by Crippen LogP contribution is -2.57. The topological polar surface area (TPSA) is 244 Å². The SMILES string of the molecule is CSCCC(NC(=O)C(CCSC)NC(=O)C(Cc1cnc[nH]1)NC(=O)C(N)CCCN=C(N)N)C(=O)O. The van der Waals surface area contributed by atoms with Crippen LogP contribution in [0.1, 0.15) is 31.4 Å². The maximum absolute atomic E-state index is 13.3. The molecule has 1 rings (SSSR count). The molecule has 1 aromatic rings. The van der Waals surface area contributed by atoms with Crippen LogP contribution in [-0.2, 0) is 25.6 Å². The summed E-state index contributed by atoms with van der Waals surface area (Å²) in [4.78, 5) is 61.3. The van der Waals surface area contributed by atoms with Gasteiger partial charge in [-0.1, -0.05) is 0 Å². The Hall–Kier alpha value is -2.98. The molecule has 0 aliphatic carbocycles. The quantitative estimate of drug-likeness (QED) is 0.0531. The van der Waals surface area contributed by atoms with Crippen molar-refractivity contribution in [2.45, 2.75) is 56.3 Å². The number of rotatable bonds is 19. The standard InChI is InChI=1S/C22H39N9O5S2/c1-37-8-5-15(19(33)30-16(21(35)36)6-9-38-2)29-20(34)17(10-13-11-26-12-28-13)31-18(32)14(23)4-3-7-27-22(24)25/h11-12,14-17H,3-10,23H2,1-2H3,(H,26,28)(H,29,34)(H,30,33)(H,31,32)(H,35,36)(H4,24,25,27). The predicted octanol–water partition coefficient (Wildman–Crippen LogP) is -1.62. The number of hydrogen-bond donors (Lipinski definition) is 8. The first-order valence-corrected chi connectivity index (χ1v) is 14.8. The van der Waals surface area contributed by atoms with Crippen molar-refractivity contribution in [2.75, 3.05) is 30.6 Å². The molecule has 0 spiro atoms. The third kappa shape index (κ3) is 13.0. The number of thioether (sulfide) groups is 2. The number of nitrogens with two attached hydrogens (primary N) is 3. The number of hydrogen-bond acceptors (Lipinski definition) is 9. The lowest BCUT2D eigenvalue weighted by atomic mass is 10.1. The largest absolute Gasteiger partial charge is 0.480 e. The Bertz CT molecular complexity index is 913. The number of nitrogens with zero attached hydrogens (tertiary/aromatic N) is 2. The fourth-order valence-corrected chi connectivity index (χ4v) is 4.24. The van der Waals surface area contributed by atoms with Crippen LogP contribution in [0.2, 0.25) is 0 Å². The summed E-state index contributed by atoms with van der Waals surface area (Å²) in [5.41, 5.74) is 17.2. The van der Waals surface area contributed by atoms with E-state index in [0.717, 1.165) is 0 Å². The van der Waals surface area contributed by atoms with Gasteiger partial charge in [-0.25, -0.2) is 9.78 Å². The van der Waals surface area contributed by atoms with E-state index in [1.807, 2.05) is 12.5 Å². The lowest BCUT2D eigenvalue weighted by molar-refractivity contribution is -0.142. The molecule has 4 unspecified atom stereocenters. The maximum atomic E-state index is 13.3. The van der Waals surface area contributed by atoms with Gasteiger partial charge in [-0.15, -0.1) is 0 Å². The molecule has 0 aliphatic rings. The molecule has 4 atom stereocenters. The molecule has 0 saturated carbocycles. The van der Waals surface area contributed by atoms with E-state index >= 15 is 0 Å². The van der Waals surface area contributed by atoms with Gasteiger partial charge < -0.3 is 43.2 Å². The monoisotopic (exact) mass is 573 g/mol. The van der Waals surface area contributed by atoms with E-state index < -0.39 is 47.9 Å². The molecule has 3 amide bonds. The highest BCUT2D eigenvalue weighted by molar-refractivity contribution is 7.98. The summed E-state index contributed by atoms with van der Waals surface area (Å²) in [6.07, 6.45) is 7.97. The zero-order chi connectivity index (χ0) is 28.5. The smallest absolute Gasteiger partial charge is 0.326 e. The average molecular weight is 574 g/mol. The zero-order valence-corrected chi connectivity index (χ0v) is 23.3. The van der Waals surface area contributed by atoms with Gasteiger partial charge in [0.15, 0.2) is 5.96 Å². The molecule has 14 nitrogen and oxygen atoms in total. The number of aliphatic imine (C=N–C) groups is 1. The van der Waals surface area contributed by atoms with Gasteiger partial charge >= 0.3 is 5.97 Å². The van der Waals surface area contributed by atoms with Crippen molar-refractivity contribution in [3.05, 3.63) is 18.2 Å². The van der Waals surface area contributed by atoms with Crippen molar-refractivity contribution in [2.24, 2.45) is 22.2 Å². The van der Waals surface area contributed by atoms with Crippen molar-refractivity contribution in [1.29, 1.82) is 0 Å². The van der Waals surface area contributed by atoms with Gasteiger partial charge in [-0.05, 0) is 49.7 Å². The minimum Gasteiger partial charge on any atom is -0.480 e. The van der Waals surface area contributed by atoms with Crippen molar-refractivity contribution in [3.63, 3.8) is 0 Å². The summed E-state index contributed by atoms with van der Waals surface area (Å²) in [6.45, 7) is 0.307. The van der Waals surface area contributed by atoms with E-state index in [1.54, 1.807) is 0 Å². The summed E-state index contributed by atoms with van der Waals surface area (Å²) in [5, 5.41) is 17.3. The van der Waals surface area contributed by atoms with Crippen LogP contribution < -0.4 is 33.2 Å². The van der Waals surface area contributed by atoms with Crippen molar-refractivity contribution >= 4 is 53.2 Å². The fraction of sp³-hybridized carbons (Fsp3) is 0.636. The van der Waals surface area contributed by atoms with Gasteiger partial charge in [0.1, 0.15) is 18.1 Å². The number of aromatic nitrogens is 2. The molecule has 1 heterocycles. The predicted molar refractivity (Wildman–Crippen MR) is 150 cm³/mol. The second-order valence-electron chi connectivity index (χ2n) is 8.42. The first kappa shape index (κ1) is 33.0. The summed E-state index contributed by atoms with van der Waals surface area (Å²) < 4.78 is 0. The van der Waals surface area contributed by atoms with Gasteiger partial charge in [-0.3, -0.25) is 19.4 Å². The second-order valence-corrected chi connectivity index (χ2v) is 10.4. The van der Waals surface area contributed by atoms with Crippen LogP contribution in [0.3, 0.4) is 0 Å². The average Bonchev–Trinajstić information content (AvgIpc) is 3.38. The molecule has 0 radical (unpaired) electrons. The van der Waals surface area contributed by atoms with Gasteiger partial charge in [0, 0.05) is 24.9 Å². The highest BCUT2D eigenvalue weighted by atomic mass is 32.2. The molecule has 1 aromatic heterocycles. The van der Waals surface area contributed by atoms with Crippen molar-refractivity contribution < 1.29 is 24.3 Å². The summed E-state index contributed by atoms with van der Waals surface area (Å²) in [7, 11) is 0. The Morgan fingerprint density at radius 1 is 0.974 bits per heavy atom. The number of amides is 3. The number of imidazole rings is 1. The molecular formula is C22H39N9O5S2. The van der Waals surface area contributed by atoms with Crippen molar-refractivity contribution in [3.8, 4) is 0 Å². The van der Waals surface area contributed by atoms with Crippen LogP contribution in [-0.4, -0.2) is 99.5 Å². The third-order valence-corrected chi connectivity index (χ3v) is 6.67. The molecule has 214 valence electrons. The molecule has 0 aromatic carbocycles. The molecular weight excluding hydrogens is 534 g/mol. The summed E-state index contributed by atoms with van der Waals surface area (Å²) >= 11 is 2.94. The van der Waals surface area contributed by atoms with Crippen LogP contribution in [0.4, 0.5) is 0 Å². The first-order chi connectivity index (χ1) is 18.1. The van der Waals surface area contributed by atoms with Crippen LogP contribution in [0.15, 0.2) is 17.5 Å². The number of aliphatic carboxylic acids is 1. The Balaban J connectivity index is 2.96. The second kappa shape index (κ2) is 18.3. The number of carbonyl (C=O) groups excluding carboxylic acids is 3. The molecule has 0 aliphatic heterocycles. The van der Waals surface area contributed by atoms with Gasteiger partial charge in [-0.2, -0.15) is 23.5 Å². The third-order valence-electron chi connectivity index (χ3n) is 5.39. The van der Waals surface area contributed by atoms with Crippen LogP contribution in [0.25, 0.3) is 0 Å². The number of carboxylic acid groups (broad SMARTS) is 1. The number of nitrogens with one attached hydrogen (secondary N) is 4. The lowest BCUT2D eigenvalue weighted by Gasteiger charge is -2.25. The fourth-order valence-electron chi connectivity index (χ4n) is 3.30. The van der Waals surface area contributed by atoms with E-state index in [0.29, 0.717) is 30.2 Å². The number of carboxylic acids is 1. The van der Waals surface area contributed by atoms with Gasteiger partial charge in [0.05, 0.1) is 12.4 Å². The minimum absolute atomic E-state index is 0.0571. The normalized spacial score (nSPS) is 14.0. The number of H-pyrrole nitrogens is 1. The highest BCUT2D eigenvalue weighted by Crippen LogP contribution is 2.07. The van der Waals surface area contributed by atoms with Crippen LogP contribution >= 0.6 is 23.5 Å². The van der Waals surface area contributed by atoms with Crippen molar-refractivity contribution in [1.82, 2.24) is 25.9 Å². The van der Waals surface area contributed by atoms with E-state index in [9.17, 15) is 24.3 Å². The molecule has 16 heteroatoms. The molecule has 0 fully saturated rings. The Morgan fingerprint density at radius 2 is 1.55 bits per heavy atom. The van der Waals surface area contributed by atoms with E-state index in [1.165, 1.54) is 36.0 Å². The number of carbonyl (C=O) groups is 4. The summed E-state index contributed by atoms with van der Waals surface area (Å²) in [5.74, 6) is -1.90. The Morgan fingerprint density at radius 3 is 2.11 bits per heavy atom. The molecule has 0 saturated heterocycles. The minimum atomic E-state index is -1.15. The summed E-state index contributed by atoms with van der Waals surface area (Å²) in [6, 6.07) is -4.06. The highest BCUT2D eigenvalue weighted by Gasteiger charge is 2.30. The molecule has 38 heavy (non-hydrogen) atoms. The van der Waals surface area contributed by atoms with E-state index in [2.05, 4.69) is 30.9 Å². The molecule has 0 bridgehead atoms. The van der Waals surface area contributed by atoms with Gasteiger partial charge in [0.2, 0.25) is 17.7 Å². The maximum Gasteiger partial charge on any atom is 0.326 e. The number of aromatic amines is 1. The molecule has 11 N–H and O–H groups in total. The van der Waals surface area contributed by atoms with E-state index in [4.69, 9.17) is 17.2 Å². The van der Waals surface area contributed by atoms with Crippen LogP contribution in [0, 0.1) is 0 Å². The van der Waals surface area contributed by atoms with E-state index in [-0.39, 0.29) is 31.6 Å². The first-order valence-electron chi connectivity index (χ1n) is 12.0. The Labute approximate surface area is 230 Å². The van der Waals surface area contributed by atoms with Crippen LogP contribution in [0.5, 0.6) is 0 Å². The zero-order valence-electron chi connectivity index (χ0n) is 21.6. The Kier molecular flexibility index (Phi) is 15.9. The van der Waals surface area contributed by atoms with Gasteiger partial charge in [0.25, 0.3) is 0 Å². The number of guanidine groups is 1.